The van der Waals surface area contributed by atoms with Crippen molar-refractivity contribution in [3.05, 3.63) is 65.4 Å². The molecule has 0 saturated heterocycles. The van der Waals surface area contributed by atoms with Crippen LogP contribution in [0.15, 0.2) is 47.0 Å². The molecule has 0 aliphatic heterocycles. The molecule has 2 nitrogen and oxygen atoms in total. The molecule has 2 aromatic carbocycles. The Morgan fingerprint density at radius 3 is 2.54 bits per heavy atom. The zero-order valence-corrected chi connectivity index (χ0v) is 15.2. The molecular formula is C22H20F2NO+. The molecule has 0 N–H and O–H groups in total. The molecule has 0 unspecified atom stereocenters. The van der Waals surface area contributed by atoms with E-state index in [4.69, 9.17) is 4.42 Å². The van der Waals surface area contributed by atoms with E-state index in [9.17, 15) is 8.78 Å². The summed E-state index contributed by atoms with van der Waals surface area (Å²) < 4.78 is 36.3. The SMILES string of the molecule is Cc1cc(F)c2c(oc3cc(F)ccc32)c1-c1cc(C(C)C)cc[n+]1C. The van der Waals surface area contributed by atoms with Gasteiger partial charge >= 0.3 is 0 Å². The molecule has 0 radical (unpaired) electrons. The molecule has 4 rings (SSSR count). The van der Waals surface area contributed by atoms with Crippen LogP contribution in [0.1, 0.15) is 30.9 Å². The zero-order chi connectivity index (χ0) is 18.6. The highest BCUT2D eigenvalue weighted by Gasteiger charge is 2.24. The third kappa shape index (κ3) is 2.48. The summed E-state index contributed by atoms with van der Waals surface area (Å²) in [5, 5.41) is 0.985. The Morgan fingerprint density at radius 1 is 1.04 bits per heavy atom. The van der Waals surface area contributed by atoms with Gasteiger partial charge in [0.05, 0.1) is 10.9 Å². The molecule has 0 aliphatic rings. The van der Waals surface area contributed by atoms with Gasteiger partial charge in [-0.1, -0.05) is 13.8 Å². The van der Waals surface area contributed by atoms with E-state index in [-0.39, 0.29) is 5.82 Å². The maximum absolute atomic E-state index is 14.8. The first-order valence-electron chi connectivity index (χ1n) is 8.67. The minimum absolute atomic E-state index is 0.353. The van der Waals surface area contributed by atoms with Gasteiger partial charge in [0.1, 0.15) is 24.3 Å². The van der Waals surface area contributed by atoms with Crippen LogP contribution in [-0.4, -0.2) is 0 Å². The summed E-state index contributed by atoms with van der Waals surface area (Å²) >= 11 is 0. The van der Waals surface area contributed by atoms with Gasteiger partial charge in [-0.15, -0.1) is 0 Å². The number of aromatic nitrogens is 1. The third-order valence-electron chi connectivity index (χ3n) is 4.95. The second-order valence-corrected chi connectivity index (χ2v) is 7.11. The maximum Gasteiger partial charge on any atom is 0.216 e. The van der Waals surface area contributed by atoms with Crippen LogP contribution in [0.2, 0.25) is 0 Å². The monoisotopic (exact) mass is 352 g/mol. The third-order valence-corrected chi connectivity index (χ3v) is 4.95. The van der Waals surface area contributed by atoms with Crippen molar-refractivity contribution in [2.24, 2.45) is 7.05 Å². The first-order valence-corrected chi connectivity index (χ1v) is 8.67. The largest absolute Gasteiger partial charge is 0.455 e. The number of halogens is 2. The molecule has 2 aromatic heterocycles. The zero-order valence-electron chi connectivity index (χ0n) is 15.2. The van der Waals surface area contributed by atoms with Crippen LogP contribution >= 0.6 is 0 Å². The Hall–Kier alpha value is -2.75. The molecule has 0 atom stereocenters. The van der Waals surface area contributed by atoms with Crippen molar-refractivity contribution in [3.63, 3.8) is 0 Å². The van der Waals surface area contributed by atoms with Crippen LogP contribution in [-0.2, 0) is 7.05 Å². The molecule has 4 heteroatoms. The minimum Gasteiger partial charge on any atom is -0.455 e. The van der Waals surface area contributed by atoms with Crippen LogP contribution in [0.4, 0.5) is 8.78 Å². The number of rotatable bonds is 2. The molecule has 0 spiro atoms. The van der Waals surface area contributed by atoms with Gasteiger partial charge in [-0.25, -0.2) is 13.3 Å². The number of hydrogen-bond acceptors (Lipinski definition) is 1. The van der Waals surface area contributed by atoms with Gasteiger partial charge in [-0.05, 0) is 42.2 Å². The predicted molar refractivity (Wildman–Crippen MR) is 99.1 cm³/mol. The Balaban J connectivity index is 2.14. The second-order valence-electron chi connectivity index (χ2n) is 7.11. The highest BCUT2D eigenvalue weighted by Crippen LogP contribution is 2.39. The standard InChI is InChI=1S/C22H20F2NO/c1-12(2)14-7-8-25(4)18(10-14)20-13(3)9-17(24)21-16-6-5-15(23)11-19(16)26-22(20)21/h5-12H,1-4H3/q+1. The van der Waals surface area contributed by atoms with Crippen LogP contribution in [0.5, 0.6) is 0 Å². The van der Waals surface area contributed by atoms with E-state index in [0.717, 1.165) is 16.8 Å². The fourth-order valence-electron chi connectivity index (χ4n) is 3.51. The number of benzene rings is 2. The number of furan rings is 1. The fourth-order valence-corrected chi connectivity index (χ4v) is 3.51. The number of hydrogen-bond donors (Lipinski definition) is 0. The Bertz CT molecular complexity index is 1160. The molecule has 0 bridgehead atoms. The average Bonchev–Trinajstić information content (AvgIpc) is 2.94. The van der Waals surface area contributed by atoms with E-state index < -0.39 is 5.82 Å². The number of fused-ring (bicyclic) bond motifs is 3. The van der Waals surface area contributed by atoms with E-state index in [1.54, 1.807) is 6.07 Å². The van der Waals surface area contributed by atoms with Gasteiger partial charge < -0.3 is 4.42 Å². The van der Waals surface area contributed by atoms with E-state index in [1.165, 1.54) is 23.8 Å². The van der Waals surface area contributed by atoms with Crippen molar-refractivity contribution in [1.82, 2.24) is 0 Å². The van der Waals surface area contributed by atoms with Crippen molar-refractivity contribution < 1.29 is 17.8 Å². The minimum atomic E-state index is -0.400. The van der Waals surface area contributed by atoms with E-state index in [0.29, 0.717) is 27.9 Å². The predicted octanol–water partition coefficient (Wildman–Crippen LogP) is 5.79. The summed E-state index contributed by atoms with van der Waals surface area (Å²) in [4.78, 5) is 0. The van der Waals surface area contributed by atoms with Gasteiger partial charge in [0.25, 0.3) is 0 Å². The summed E-state index contributed by atoms with van der Waals surface area (Å²) in [6.07, 6.45) is 2.00. The molecule has 26 heavy (non-hydrogen) atoms. The van der Waals surface area contributed by atoms with Crippen LogP contribution in [0.25, 0.3) is 33.2 Å². The average molecular weight is 352 g/mol. The molecule has 4 aromatic rings. The molecule has 0 aliphatic carbocycles. The topological polar surface area (TPSA) is 17.0 Å². The fraction of sp³-hybridized carbons (Fsp3) is 0.227. The van der Waals surface area contributed by atoms with E-state index >= 15 is 0 Å². The summed E-state index contributed by atoms with van der Waals surface area (Å²) in [5.41, 5.74) is 4.57. The molecule has 0 amide bonds. The van der Waals surface area contributed by atoms with Crippen molar-refractivity contribution in [3.8, 4) is 11.3 Å². The number of aryl methyl sites for hydroxylation is 2. The van der Waals surface area contributed by atoms with Gasteiger partial charge in [-0.3, -0.25) is 0 Å². The quantitative estimate of drug-likeness (QED) is 0.418. The van der Waals surface area contributed by atoms with Crippen molar-refractivity contribution in [2.75, 3.05) is 0 Å². The van der Waals surface area contributed by atoms with E-state index in [1.807, 2.05) is 24.7 Å². The van der Waals surface area contributed by atoms with Gasteiger partial charge in [0, 0.05) is 23.6 Å². The highest BCUT2D eigenvalue weighted by molar-refractivity contribution is 6.10. The van der Waals surface area contributed by atoms with Gasteiger partial charge in [0.15, 0.2) is 11.8 Å². The normalized spacial score (nSPS) is 11.8. The van der Waals surface area contributed by atoms with Crippen molar-refractivity contribution >= 4 is 21.9 Å². The Labute approximate surface area is 150 Å². The summed E-state index contributed by atoms with van der Waals surface area (Å²) in [6.45, 7) is 6.14. The lowest BCUT2D eigenvalue weighted by atomic mass is 9.97. The van der Waals surface area contributed by atoms with Crippen molar-refractivity contribution in [1.29, 1.82) is 0 Å². The lowest BCUT2D eigenvalue weighted by Crippen LogP contribution is -2.31. The van der Waals surface area contributed by atoms with Gasteiger partial charge in [-0.2, -0.15) is 0 Å². The van der Waals surface area contributed by atoms with E-state index in [2.05, 4.69) is 26.0 Å². The lowest BCUT2D eigenvalue weighted by molar-refractivity contribution is -0.660. The summed E-state index contributed by atoms with van der Waals surface area (Å²) in [7, 11) is 1.95. The highest BCUT2D eigenvalue weighted by atomic mass is 19.1. The second kappa shape index (κ2) is 5.90. The summed E-state index contributed by atoms with van der Waals surface area (Å²) in [5.74, 6) is -0.382. The van der Waals surface area contributed by atoms with Crippen LogP contribution in [0, 0.1) is 18.6 Å². The molecular weight excluding hydrogens is 332 g/mol. The summed E-state index contributed by atoms with van der Waals surface area (Å²) in [6, 6.07) is 9.92. The molecule has 132 valence electrons. The number of pyridine rings is 1. The van der Waals surface area contributed by atoms with Crippen LogP contribution < -0.4 is 4.57 Å². The first kappa shape index (κ1) is 16.7. The van der Waals surface area contributed by atoms with Crippen LogP contribution in [0.3, 0.4) is 0 Å². The number of nitrogens with zero attached hydrogens (tertiary/aromatic N) is 1. The lowest BCUT2D eigenvalue weighted by Gasteiger charge is -2.09. The molecule has 0 fully saturated rings. The first-order chi connectivity index (χ1) is 12.4. The maximum atomic E-state index is 14.8. The molecule has 2 heterocycles. The smallest absolute Gasteiger partial charge is 0.216 e. The van der Waals surface area contributed by atoms with Crippen molar-refractivity contribution in [2.45, 2.75) is 26.7 Å². The molecule has 0 saturated carbocycles. The Morgan fingerprint density at radius 2 is 1.81 bits per heavy atom. The Kier molecular flexibility index (Phi) is 3.79. The van der Waals surface area contributed by atoms with Gasteiger partial charge in [0.2, 0.25) is 5.69 Å².